The van der Waals surface area contributed by atoms with Crippen LogP contribution in [0.1, 0.15) is 32.9 Å². The van der Waals surface area contributed by atoms with Crippen molar-refractivity contribution in [1.29, 1.82) is 0 Å². The number of anilines is 1. The molecule has 0 bridgehead atoms. The maximum Gasteiger partial charge on any atom is 0.511 e. The monoisotopic (exact) mass is 571 g/mol. The fraction of sp³-hybridized carbons (Fsp3) is 0.545. The molecule has 3 rings (SSSR count). The lowest BCUT2D eigenvalue weighted by Gasteiger charge is -2.49. The molecule has 208 valence electrons. The first-order chi connectivity index (χ1) is 18.1. The van der Waals surface area contributed by atoms with Gasteiger partial charge in [-0.05, 0) is 18.9 Å². The van der Waals surface area contributed by atoms with E-state index in [-0.39, 0.29) is 34.9 Å². The Morgan fingerprint density at radius 1 is 1.26 bits per heavy atom. The zero-order valence-electron chi connectivity index (χ0n) is 21.4. The van der Waals surface area contributed by atoms with Crippen LogP contribution < -0.4 is 11.1 Å². The highest BCUT2D eigenvalue weighted by atomic mass is 32.2. The predicted molar refractivity (Wildman–Crippen MR) is 137 cm³/mol. The molecule has 2 aliphatic heterocycles. The molecule has 0 aromatic carbocycles. The number of β-lactam (4-membered cyclic amide) rings is 1. The molecule has 4 atom stereocenters. The van der Waals surface area contributed by atoms with E-state index in [1.807, 2.05) is 6.92 Å². The first-order valence-corrected chi connectivity index (χ1v) is 13.4. The van der Waals surface area contributed by atoms with E-state index in [9.17, 15) is 19.2 Å². The molecule has 0 radical (unpaired) electrons. The van der Waals surface area contributed by atoms with Gasteiger partial charge in [0.1, 0.15) is 36.0 Å². The molecular weight excluding hydrogens is 542 g/mol. The lowest BCUT2D eigenvalue weighted by molar-refractivity contribution is -0.169. The molecule has 14 nitrogen and oxygen atoms in total. The number of nitrogens with two attached hydrogens (primary N) is 1. The summed E-state index contributed by atoms with van der Waals surface area (Å²) in [5.74, 6) is -1.81. The van der Waals surface area contributed by atoms with E-state index in [2.05, 4.69) is 15.5 Å². The minimum absolute atomic E-state index is 0.0325. The second-order valence-electron chi connectivity index (χ2n) is 8.12. The van der Waals surface area contributed by atoms with Crippen LogP contribution in [0.5, 0.6) is 0 Å². The summed E-state index contributed by atoms with van der Waals surface area (Å²) >= 11 is 2.45. The number of nitrogens with zero attached hydrogens (tertiary/aromatic N) is 3. The Labute approximate surface area is 226 Å². The summed E-state index contributed by atoms with van der Waals surface area (Å²) in [6, 6.07) is -0.961. The Morgan fingerprint density at radius 2 is 2.00 bits per heavy atom. The van der Waals surface area contributed by atoms with Gasteiger partial charge in [-0.15, -0.1) is 23.1 Å². The summed E-state index contributed by atoms with van der Waals surface area (Å²) in [5, 5.41) is 7.50. The van der Waals surface area contributed by atoms with Gasteiger partial charge < -0.3 is 34.8 Å². The number of aromatic nitrogens is 1. The van der Waals surface area contributed by atoms with Gasteiger partial charge in [-0.25, -0.2) is 14.6 Å². The maximum absolute atomic E-state index is 13.1. The molecule has 2 aliphatic rings. The first kappa shape index (κ1) is 29.2. The third-order valence-electron chi connectivity index (χ3n) is 5.42. The number of methoxy groups -OCH3 is 1. The maximum atomic E-state index is 13.1. The number of nitrogens with one attached hydrogen (secondary N) is 1. The minimum atomic E-state index is -1.28. The number of thiazole rings is 1. The largest absolute Gasteiger partial charge is 0.511 e. The average molecular weight is 572 g/mol. The zero-order valence-corrected chi connectivity index (χ0v) is 23.1. The van der Waals surface area contributed by atoms with E-state index < -0.39 is 41.6 Å². The lowest BCUT2D eigenvalue weighted by Crippen LogP contribution is -2.71. The molecule has 1 aromatic rings. The predicted octanol–water partition coefficient (Wildman–Crippen LogP) is 1.22. The number of hydrogen-bond acceptors (Lipinski definition) is 14. The van der Waals surface area contributed by atoms with E-state index >= 15 is 0 Å². The summed E-state index contributed by atoms with van der Waals surface area (Å²) < 4.78 is 20.5. The number of hydrogen-bond donors (Lipinski definition) is 2. The van der Waals surface area contributed by atoms with E-state index in [4.69, 9.17) is 29.5 Å². The molecule has 1 saturated heterocycles. The van der Waals surface area contributed by atoms with Crippen molar-refractivity contribution >= 4 is 57.9 Å². The molecule has 16 heteroatoms. The van der Waals surface area contributed by atoms with Gasteiger partial charge in [0, 0.05) is 25.2 Å². The highest BCUT2D eigenvalue weighted by Crippen LogP contribution is 2.41. The summed E-state index contributed by atoms with van der Waals surface area (Å²) in [7, 11) is 2.72. The molecular formula is C22H29N5O9S2. The molecule has 1 aromatic heterocycles. The zero-order chi connectivity index (χ0) is 28.0. The minimum Gasteiger partial charge on any atom is -0.431 e. The summed E-state index contributed by atoms with van der Waals surface area (Å²) in [6.45, 7) is 4.94. The molecule has 1 fully saturated rings. The van der Waals surface area contributed by atoms with Crippen LogP contribution in [0.15, 0.2) is 21.8 Å². The Hall–Kier alpha value is -3.37. The summed E-state index contributed by atoms with van der Waals surface area (Å²) in [5.41, 5.74) is 6.16. The van der Waals surface area contributed by atoms with Gasteiger partial charge >= 0.3 is 12.1 Å². The van der Waals surface area contributed by atoms with Crippen molar-refractivity contribution in [2.45, 2.75) is 51.0 Å². The van der Waals surface area contributed by atoms with Crippen LogP contribution in [0, 0.1) is 0 Å². The van der Waals surface area contributed by atoms with Crippen LogP contribution in [0.25, 0.3) is 0 Å². The second-order valence-corrected chi connectivity index (χ2v) is 10.1. The number of ether oxygens (including phenoxy) is 4. The molecule has 38 heavy (non-hydrogen) atoms. The SMILES string of the molecule is CCC(C)OC(=O)OC(C)OC(=O)C1=C(COC)CS[C@@H]2C(NC(=O)/C(=N\OC)c3csc(N)n3)C(=O)N12. The molecule has 0 aliphatic carbocycles. The van der Waals surface area contributed by atoms with Crippen molar-refractivity contribution in [3.63, 3.8) is 0 Å². The number of carbonyl (C=O) groups excluding carboxylic acids is 4. The number of rotatable bonds is 11. The fourth-order valence-electron chi connectivity index (χ4n) is 3.50. The Balaban J connectivity index is 1.72. The van der Waals surface area contributed by atoms with Gasteiger partial charge in [0.25, 0.3) is 11.8 Å². The van der Waals surface area contributed by atoms with E-state index in [1.165, 1.54) is 43.2 Å². The summed E-state index contributed by atoms with van der Waals surface area (Å²) in [4.78, 5) is 61.1. The number of carbonyl (C=O) groups is 4. The Kier molecular flexibility index (Phi) is 9.93. The van der Waals surface area contributed by atoms with Gasteiger partial charge in [-0.3, -0.25) is 14.5 Å². The van der Waals surface area contributed by atoms with Crippen molar-refractivity contribution in [1.82, 2.24) is 15.2 Å². The molecule has 3 heterocycles. The van der Waals surface area contributed by atoms with Crippen LogP contribution in [-0.4, -0.2) is 89.9 Å². The van der Waals surface area contributed by atoms with Crippen LogP contribution in [0.3, 0.4) is 0 Å². The number of esters is 1. The first-order valence-electron chi connectivity index (χ1n) is 11.5. The normalized spacial score (nSPS) is 20.6. The number of fused-ring (bicyclic) bond motifs is 1. The molecule has 0 spiro atoms. The van der Waals surface area contributed by atoms with Gasteiger partial charge in [0.15, 0.2) is 10.8 Å². The standard InChI is InChI=1S/C22H29N5O9S2/c1-6-10(2)34-22(31)36-11(3)35-20(30)16-12(7-32-4)8-37-19-15(18(29)27(16)19)25-17(28)14(26-33-5)13-9-38-21(23)24-13/h9-11,15,19H,6-8H2,1-5H3,(H2,23,24)(H,25,28)/b26-14-/t10?,11?,15?,19-/m1/s1. The summed E-state index contributed by atoms with van der Waals surface area (Å²) in [6.07, 6.45) is -2.05. The lowest BCUT2D eigenvalue weighted by atomic mass is 10.0. The van der Waals surface area contributed by atoms with Gasteiger partial charge in [0.2, 0.25) is 6.29 Å². The van der Waals surface area contributed by atoms with Crippen molar-refractivity contribution in [3.8, 4) is 0 Å². The van der Waals surface area contributed by atoms with E-state index in [0.717, 1.165) is 11.3 Å². The fourth-order valence-corrected chi connectivity index (χ4v) is 5.38. The second kappa shape index (κ2) is 12.9. The van der Waals surface area contributed by atoms with E-state index in [1.54, 1.807) is 6.92 Å². The van der Waals surface area contributed by atoms with Crippen LogP contribution >= 0.6 is 23.1 Å². The third-order valence-corrected chi connectivity index (χ3v) is 7.43. The van der Waals surface area contributed by atoms with Gasteiger partial charge in [-0.2, -0.15) is 0 Å². The molecule has 0 saturated carbocycles. The Bertz CT molecular complexity index is 1140. The van der Waals surface area contributed by atoms with Crippen molar-refractivity contribution in [2.24, 2.45) is 5.16 Å². The van der Waals surface area contributed by atoms with Crippen LogP contribution in [0.2, 0.25) is 0 Å². The van der Waals surface area contributed by atoms with Crippen molar-refractivity contribution < 1.29 is 43.0 Å². The number of oxime groups is 1. The Morgan fingerprint density at radius 3 is 2.61 bits per heavy atom. The highest BCUT2D eigenvalue weighted by molar-refractivity contribution is 8.00. The van der Waals surface area contributed by atoms with Gasteiger partial charge in [-0.1, -0.05) is 12.1 Å². The van der Waals surface area contributed by atoms with Crippen molar-refractivity contribution in [2.75, 3.05) is 32.3 Å². The average Bonchev–Trinajstić information content (AvgIpc) is 3.30. The topological polar surface area (TPSA) is 181 Å². The number of amides is 2. The third kappa shape index (κ3) is 6.54. The quantitative estimate of drug-likeness (QED) is 0.128. The number of nitrogen functional groups attached to an aromatic ring is 1. The van der Waals surface area contributed by atoms with E-state index in [0.29, 0.717) is 17.7 Å². The highest BCUT2D eigenvalue weighted by Gasteiger charge is 2.55. The number of thioether (sulfide) groups is 1. The van der Waals surface area contributed by atoms with Crippen LogP contribution in [0.4, 0.5) is 9.93 Å². The molecule has 3 unspecified atom stereocenters. The van der Waals surface area contributed by atoms with Crippen molar-refractivity contribution in [3.05, 3.63) is 22.3 Å². The van der Waals surface area contributed by atoms with Crippen LogP contribution in [-0.2, 0) is 38.2 Å². The molecule has 2 amide bonds. The van der Waals surface area contributed by atoms with Gasteiger partial charge in [0.05, 0.1) is 6.61 Å². The molecule has 3 N–H and O–H groups in total. The smallest absolute Gasteiger partial charge is 0.431 e.